The molecule has 1 saturated heterocycles. The van der Waals surface area contributed by atoms with Crippen LogP contribution in [0.25, 0.3) is 0 Å². The number of hydrogen-bond donors (Lipinski definition) is 0. The van der Waals surface area contributed by atoms with Crippen LogP contribution in [0.1, 0.15) is 37.4 Å². The van der Waals surface area contributed by atoms with Gasteiger partial charge in [0, 0.05) is 24.8 Å². The molecule has 3 heteroatoms. The molecule has 1 aromatic carbocycles. The van der Waals surface area contributed by atoms with Crippen LogP contribution in [0.4, 0.5) is 10.1 Å². The number of anilines is 1. The van der Waals surface area contributed by atoms with Gasteiger partial charge in [-0.25, -0.2) is 9.37 Å². The lowest BCUT2D eigenvalue weighted by Crippen LogP contribution is -2.27. The second-order valence-corrected chi connectivity index (χ2v) is 6.35. The van der Waals surface area contributed by atoms with Gasteiger partial charge in [0.05, 0.1) is 6.54 Å². The summed E-state index contributed by atoms with van der Waals surface area (Å²) < 4.78 is 15.0. The van der Waals surface area contributed by atoms with E-state index in [0.29, 0.717) is 31.1 Å². The number of nitrogens with zero attached hydrogens (tertiary/aromatic N) is 2. The highest BCUT2D eigenvalue weighted by Gasteiger charge is 2.37. The molecule has 0 spiro atoms. The summed E-state index contributed by atoms with van der Waals surface area (Å²) >= 11 is 0. The second kappa shape index (κ2) is 6.42. The van der Waals surface area contributed by atoms with Crippen LogP contribution >= 0.6 is 0 Å². The molecule has 2 aromatic rings. The first-order chi connectivity index (χ1) is 11.1. The molecule has 1 aliphatic rings. The maximum Gasteiger partial charge on any atom is 0.190 e. The van der Waals surface area contributed by atoms with Crippen LogP contribution in [0.15, 0.2) is 48.7 Å². The van der Waals surface area contributed by atoms with Crippen LogP contribution < -0.4 is 4.90 Å². The number of pyridine rings is 1. The normalized spacial score (nSPS) is 20.4. The molecular formula is C20H21FN2. The van der Waals surface area contributed by atoms with Crippen LogP contribution in [-0.4, -0.2) is 23.7 Å². The summed E-state index contributed by atoms with van der Waals surface area (Å²) in [5, 5.41) is 0. The molecule has 1 aliphatic heterocycles. The third-order valence-electron chi connectivity index (χ3n) is 4.20. The van der Waals surface area contributed by atoms with E-state index < -0.39 is 5.67 Å². The topological polar surface area (TPSA) is 16.1 Å². The average molecular weight is 308 g/mol. The largest absolute Gasteiger partial charge is 0.367 e. The fraction of sp³-hybridized carbons (Fsp3) is 0.350. The maximum absolute atomic E-state index is 15.0. The lowest BCUT2D eigenvalue weighted by atomic mass is 10.0. The number of halogens is 1. The van der Waals surface area contributed by atoms with Gasteiger partial charge in [-0.05, 0) is 41.7 Å². The second-order valence-electron chi connectivity index (χ2n) is 6.35. The van der Waals surface area contributed by atoms with Crippen molar-refractivity contribution in [3.8, 4) is 11.8 Å². The lowest BCUT2D eigenvalue weighted by molar-refractivity contribution is 0.274. The third kappa shape index (κ3) is 3.71. The number of benzene rings is 1. The first-order valence-corrected chi connectivity index (χ1v) is 8.04. The van der Waals surface area contributed by atoms with Crippen molar-refractivity contribution in [3.63, 3.8) is 0 Å². The van der Waals surface area contributed by atoms with E-state index in [4.69, 9.17) is 0 Å². The number of alkyl halides is 1. The van der Waals surface area contributed by atoms with Crippen LogP contribution in [0.5, 0.6) is 0 Å². The first-order valence-electron chi connectivity index (χ1n) is 8.04. The Balaban J connectivity index is 1.75. The van der Waals surface area contributed by atoms with Gasteiger partial charge in [0.25, 0.3) is 0 Å². The Bertz CT molecular complexity index is 730. The number of rotatable bonds is 2. The van der Waals surface area contributed by atoms with Gasteiger partial charge < -0.3 is 4.90 Å². The van der Waals surface area contributed by atoms with Gasteiger partial charge in [-0.3, -0.25) is 0 Å². The summed E-state index contributed by atoms with van der Waals surface area (Å²) in [6, 6.07) is 13.9. The van der Waals surface area contributed by atoms with Crippen molar-refractivity contribution < 1.29 is 4.39 Å². The quantitative estimate of drug-likeness (QED) is 0.774. The molecule has 1 atom stereocenters. The molecular weight excluding hydrogens is 287 g/mol. The number of aromatic nitrogens is 1. The molecule has 3 rings (SSSR count). The SMILES string of the molecule is CC(C)c1cccc(N2CCC(F)(C#Cc3ccccn3)C2)c1. The predicted molar refractivity (Wildman–Crippen MR) is 92.3 cm³/mol. The Hall–Kier alpha value is -2.34. The molecule has 1 fully saturated rings. The monoisotopic (exact) mass is 308 g/mol. The Morgan fingerprint density at radius 2 is 2.09 bits per heavy atom. The van der Waals surface area contributed by atoms with Crippen molar-refractivity contribution >= 4 is 5.69 Å². The third-order valence-corrected chi connectivity index (χ3v) is 4.20. The molecule has 23 heavy (non-hydrogen) atoms. The van der Waals surface area contributed by atoms with E-state index in [9.17, 15) is 4.39 Å². The minimum absolute atomic E-state index is 0.314. The Morgan fingerprint density at radius 3 is 2.83 bits per heavy atom. The first kappa shape index (κ1) is 15.6. The summed E-state index contributed by atoms with van der Waals surface area (Å²) in [5.74, 6) is 6.13. The summed E-state index contributed by atoms with van der Waals surface area (Å²) in [6.07, 6.45) is 2.10. The van der Waals surface area contributed by atoms with E-state index in [2.05, 4.69) is 47.7 Å². The summed E-state index contributed by atoms with van der Waals surface area (Å²) in [5.41, 5.74) is 1.50. The molecule has 1 unspecified atom stereocenters. The maximum atomic E-state index is 15.0. The van der Waals surface area contributed by atoms with Gasteiger partial charge in [-0.15, -0.1) is 0 Å². The molecule has 0 radical (unpaired) electrons. The van der Waals surface area contributed by atoms with Crippen molar-refractivity contribution in [1.29, 1.82) is 0 Å². The predicted octanol–water partition coefficient (Wildman–Crippen LogP) is 4.18. The molecule has 118 valence electrons. The minimum Gasteiger partial charge on any atom is -0.367 e. The van der Waals surface area contributed by atoms with Gasteiger partial charge in [0.2, 0.25) is 0 Å². The minimum atomic E-state index is -1.47. The van der Waals surface area contributed by atoms with Gasteiger partial charge >= 0.3 is 0 Å². The smallest absolute Gasteiger partial charge is 0.190 e. The zero-order chi connectivity index (χ0) is 16.3. The van der Waals surface area contributed by atoms with E-state index in [0.717, 1.165) is 5.69 Å². The zero-order valence-electron chi connectivity index (χ0n) is 13.6. The van der Waals surface area contributed by atoms with Crippen molar-refractivity contribution in [2.75, 3.05) is 18.0 Å². The summed E-state index contributed by atoms with van der Waals surface area (Å²) in [4.78, 5) is 6.21. The molecule has 0 bridgehead atoms. The fourth-order valence-corrected chi connectivity index (χ4v) is 2.79. The van der Waals surface area contributed by atoms with Crippen molar-refractivity contribution in [2.45, 2.75) is 31.9 Å². The molecule has 2 nitrogen and oxygen atoms in total. The van der Waals surface area contributed by atoms with E-state index in [-0.39, 0.29) is 0 Å². The molecule has 1 aromatic heterocycles. The molecule has 2 heterocycles. The van der Waals surface area contributed by atoms with Crippen molar-refractivity contribution in [1.82, 2.24) is 4.98 Å². The van der Waals surface area contributed by atoms with Crippen LogP contribution in [0, 0.1) is 11.8 Å². The Morgan fingerprint density at radius 1 is 1.22 bits per heavy atom. The molecule has 0 saturated carbocycles. The van der Waals surface area contributed by atoms with Crippen molar-refractivity contribution in [2.24, 2.45) is 0 Å². The van der Waals surface area contributed by atoms with Gasteiger partial charge in [-0.1, -0.05) is 38.0 Å². The van der Waals surface area contributed by atoms with Crippen LogP contribution in [0.2, 0.25) is 0 Å². The molecule has 0 aliphatic carbocycles. The summed E-state index contributed by atoms with van der Waals surface area (Å²) in [7, 11) is 0. The van der Waals surface area contributed by atoms with Crippen molar-refractivity contribution in [3.05, 3.63) is 59.9 Å². The molecule has 0 amide bonds. The van der Waals surface area contributed by atoms with Gasteiger partial charge in [-0.2, -0.15) is 0 Å². The number of hydrogen-bond acceptors (Lipinski definition) is 2. The standard InChI is InChI=1S/C20H21FN2/c1-16(2)17-6-5-8-19(14-17)23-13-11-20(21,15-23)10-9-18-7-3-4-12-22-18/h3-8,12,14,16H,11,13,15H2,1-2H3. The Labute approximate surface area is 137 Å². The van der Waals surface area contributed by atoms with E-state index in [1.807, 2.05) is 24.3 Å². The Kier molecular flexibility index (Phi) is 4.34. The zero-order valence-corrected chi connectivity index (χ0v) is 13.6. The van der Waals surface area contributed by atoms with E-state index in [1.54, 1.807) is 12.3 Å². The van der Waals surface area contributed by atoms with Gasteiger partial charge in [0.1, 0.15) is 5.69 Å². The highest BCUT2D eigenvalue weighted by molar-refractivity contribution is 5.52. The van der Waals surface area contributed by atoms with E-state index in [1.165, 1.54) is 5.56 Å². The molecule has 0 N–H and O–H groups in total. The van der Waals surface area contributed by atoms with E-state index >= 15 is 0 Å². The highest BCUT2D eigenvalue weighted by atomic mass is 19.1. The van der Waals surface area contributed by atoms with Crippen LogP contribution in [-0.2, 0) is 0 Å². The summed E-state index contributed by atoms with van der Waals surface area (Å²) in [6.45, 7) is 5.34. The lowest BCUT2D eigenvalue weighted by Gasteiger charge is -2.20. The highest BCUT2D eigenvalue weighted by Crippen LogP contribution is 2.31. The average Bonchev–Trinajstić information content (AvgIpc) is 2.97. The van der Waals surface area contributed by atoms with Crippen LogP contribution in [0.3, 0.4) is 0 Å². The fourth-order valence-electron chi connectivity index (χ4n) is 2.79. The van der Waals surface area contributed by atoms with Gasteiger partial charge in [0.15, 0.2) is 5.67 Å².